The molecule has 17 heavy (non-hydrogen) atoms. The average molecular weight is 229 g/mol. The van der Waals surface area contributed by atoms with Crippen LogP contribution in [-0.4, -0.2) is 4.98 Å². The summed E-state index contributed by atoms with van der Waals surface area (Å²) < 4.78 is 15.0. The number of aromatic nitrogens is 1. The van der Waals surface area contributed by atoms with Crippen molar-refractivity contribution >= 4 is 10.9 Å². The maximum absolute atomic E-state index is 15.0. The molecule has 0 spiro atoms. The van der Waals surface area contributed by atoms with Crippen molar-refractivity contribution in [2.24, 2.45) is 0 Å². The number of benzene rings is 1. The van der Waals surface area contributed by atoms with Crippen LogP contribution >= 0.6 is 0 Å². The fraction of sp³-hybridized carbons (Fsp3) is 0.400. The van der Waals surface area contributed by atoms with Crippen molar-refractivity contribution in [3.8, 4) is 0 Å². The maximum Gasteiger partial charge on any atom is 0.136 e. The molecule has 2 heteroatoms. The quantitative estimate of drug-likeness (QED) is 0.707. The summed E-state index contributed by atoms with van der Waals surface area (Å²) in [5.74, 6) is 0. The molecule has 1 heterocycles. The van der Waals surface area contributed by atoms with E-state index < -0.39 is 5.67 Å². The molecule has 1 nitrogen and oxygen atoms in total. The van der Waals surface area contributed by atoms with Gasteiger partial charge >= 0.3 is 0 Å². The van der Waals surface area contributed by atoms with Crippen LogP contribution in [0.2, 0.25) is 0 Å². The second-order valence-electron chi connectivity index (χ2n) is 4.90. The molecule has 0 aliphatic heterocycles. The Labute approximate surface area is 101 Å². The predicted octanol–water partition coefficient (Wildman–Crippen LogP) is 4.36. The van der Waals surface area contributed by atoms with Gasteiger partial charge in [0.2, 0.25) is 0 Å². The van der Waals surface area contributed by atoms with E-state index in [-0.39, 0.29) is 0 Å². The van der Waals surface area contributed by atoms with Crippen LogP contribution in [0.15, 0.2) is 36.5 Å². The lowest BCUT2D eigenvalue weighted by atomic mass is 9.80. The lowest BCUT2D eigenvalue weighted by Gasteiger charge is -2.30. The molecule has 1 saturated carbocycles. The first-order valence-corrected chi connectivity index (χ1v) is 6.33. The minimum atomic E-state index is -1.14. The molecular weight excluding hydrogens is 213 g/mol. The highest BCUT2D eigenvalue weighted by atomic mass is 19.1. The highest BCUT2D eigenvalue weighted by Gasteiger charge is 2.34. The molecule has 0 bridgehead atoms. The Morgan fingerprint density at radius 3 is 2.65 bits per heavy atom. The number of alkyl halides is 1. The maximum atomic E-state index is 15.0. The summed E-state index contributed by atoms with van der Waals surface area (Å²) >= 11 is 0. The zero-order valence-electron chi connectivity index (χ0n) is 9.82. The SMILES string of the molecule is FC1(c2cccc3ncccc23)CCCCC1. The van der Waals surface area contributed by atoms with Crippen molar-refractivity contribution in [3.05, 3.63) is 42.1 Å². The molecule has 0 radical (unpaired) electrons. The summed E-state index contributed by atoms with van der Waals surface area (Å²) in [4.78, 5) is 4.30. The summed E-state index contributed by atoms with van der Waals surface area (Å²) in [6, 6.07) is 9.66. The number of pyridine rings is 1. The summed E-state index contributed by atoms with van der Waals surface area (Å²) in [5, 5.41) is 0.972. The van der Waals surface area contributed by atoms with Gasteiger partial charge in [0.1, 0.15) is 5.67 Å². The van der Waals surface area contributed by atoms with E-state index in [0.29, 0.717) is 12.8 Å². The summed E-state index contributed by atoms with van der Waals surface area (Å²) in [5.41, 5.74) is 0.594. The van der Waals surface area contributed by atoms with Crippen LogP contribution in [0.25, 0.3) is 10.9 Å². The van der Waals surface area contributed by atoms with E-state index in [2.05, 4.69) is 4.98 Å². The Kier molecular flexibility index (Phi) is 2.58. The third kappa shape index (κ3) is 1.82. The molecule has 1 aliphatic carbocycles. The van der Waals surface area contributed by atoms with E-state index in [4.69, 9.17) is 0 Å². The third-order valence-corrected chi connectivity index (χ3v) is 3.77. The van der Waals surface area contributed by atoms with Crippen LogP contribution in [0.3, 0.4) is 0 Å². The van der Waals surface area contributed by atoms with E-state index >= 15 is 4.39 Å². The number of hydrogen-bond donors (Lipinski definition) is 0. The minimum Gasteiger partial charge on any atom is -0.256 e. The molecule has 3 rings (SSSR count). The van der Waals surface area contributed by atoms with Crippen molar-refractivity contribution in [1.82, 2.24) is 4.98 Å². The minimum absolute atomic E-state index is 0.654. The first-order chi connectivity index (χ1) is 8.30. The van der Waals surface area contributed by atoms with Gasteiger partial charge in [0.15, 0.2) is 0 Å². The van der Waals surface area contributed by atoms with Gasteiger partial charge in [0.25, 0.3) is 0 Å². The molecule has 0 unspecified atom stereocenters. The molecule has 0 N–H and O–H groups in total. The molecule has 1 aromatic carbocycles. The van der Waals surface area contributed by atoms with Crippen LogP contribution in [0.1, 0.15) is 37.7 Å². The van der Waals surface area contributed by atoms with Crippen molar-refractivity contribution in [3.63, 3.8) is 0 Å². The van der Waals surface area contributed by atoms with E-state index in [1.807, 2.05) is 30.3 Å². The van der Waals surface area contributed by atoms with Crippen molar-refractivity contribution in [1.29, 1.82) is 0 Å². The lowest BCUT2D eigenvalue weighted by molar-refractivity contribution is 0.108. The Morgan fingerprint density at radius 1 is 1.00 bits per heavy atom. The Morgan fingerprint density at radius 2 is 1.82 bits per heavy atom. The van der Waals surface area contributed by atoms with Gasteiger partial charge in [-0.2, -0.15) is 0 Å². The summed E-state index contributed by atoms with van der Waals surface area (Å²) in [7, 11) is 0. The second-order valence-corrected chi connectivity index (χ2v) is 4.90. The van der Waals surface area contributed by atoms with Crippen LogP contribution in [0.4, 0.5) is 4.39 Å². The standard InChI is InChI=1S/C15H16FN/c16-15(9-2-1-3-10-15)13-7-4-8-14-12(13)6-5-11-17-14/h4-8,11H,1-3,9-10H2. The molecular formula is C15H16FN. The fourth-order valence-corrected chi connectivity index (χ4v) is 2.88. The molecule has 0 atom stereocenters. The first kappa shape index (κ1) is 10.7. The zero-order chi connectivity index (χ0) is 11.7. The molecule has 2 aromatic rings. The van der Waals surface area contributed by atoms with Gasteiger partial charge in [-0.25, -0.2) is 4.39 Å². The molecule has 1 fully saturated rings. The number of nitrogens with zero attached hydrogens (tertiary/aromatic N) is 1. The van der Waals surface area contributed by atoms with Gasteiger partial charge in [0, 0.05) is 11.6 Å². The van der Waals surface area contributed by atoms with E-state index in [9.17, 15) is 0 Å². The number of halogens is 1. The van der Waals surface area contributed by atoms with Crippen molar-refractivity contribution in [2.75, 3.05) is 0 Å². The topological polar surface area (TPSA) is 12.9 Å². The van der Waals surface area contributed by atoms with Gasteiger partial charge < -0.3 is 0 Å². The summed E-state index contributed by atoms with van der Waals surface area (Å²) in [6.45, 7) is 0. The monoisotopic (exact) mass is 229 g/mol. The largest absolute Gasteiger partial charge is 0.256 e. The van der Waals surface area contributed by atoms with Gasteiger partial charge in [-0.15, -0.1) is 0 Å². The van der Waals surface area contributed by atoms with Crippen LogP contribution in [-0.2, 0) is 5.67 Å². The number of fused-ring (bicyclic) bond motifs is 1. The van der Waals surface area contributed by atoms with E-state index in [1.165, 1.54) is 0 Å². The molecule has 88 valence electrons. The van der Waals surface area contributed by atoms with Crippen LogP contribution in [0, 0.1) is 0 Å². The Bertz CT molecular complexity index is 524. The highest BCUT2D eigenvalue weighted by Crippen LogP contribution is 2.42. The Hall–Kier alpha value is -1.44. The second kappa shape index (κ2) is 4.10. The number of rotatable bonds is 1. The normalized spacial score (nSPS) is 19.4. The number of hydrogen-bond acceptors (Lipinski definition) is 1. The van der Waals surface area contributed by atoms with Crippen molar-refractivity contribution in [2.45, 2.75) is 37.8 Å². The first-order valence-electron chi connectivity index (χ1n) is 6.33. The van der Waals surface area contributed by atoms with Crippen LogP contribution in [0.5, 0.6) is 0 Å². The van der Waals surface area contributed by atoms with Gasteiger partial charge in [0.05, 0.1) is 5.52 Å². The average Bonchev–Trinajstić information content (AvgIpc) is 2.39. The van der Waals surface area contributed by atoms with Gasteiger partial charge in [-0.3, -0.25) is 4.98 Å². The molecule has 0 saturated heterocycles. The molecule has 0 amide bonds. The lowest BCUT2D eigenvalue weighted by Crippen LogP contribution is -2.23. The molecule has 1 aliphatic rings. The third-order valence-electron chi connectivity index (χ3n) is 3.77. The fourth-order valence-electron chi connectivity index (χ4n) is 2.88. The van der Waals surface area contributed by atoms with Gasteiger partial charge in [-0.05, 0) is 43.4 Å². The smallest absolute Gasteiger partial charge is 0.136 e. The van der Waals surface area contributed by atoms with E-state index in [0.717, 1.165) is 35.7 Å². The summed E-state index contributed by atoms with van der Waals surface area (Å²) in [6.07, 6.45) is 6.22. The van der Waals surface area contributed by atoms with E-state index in [1.54, 1.807) is 6.20 Å². The Balaban J connectivity index is 2.16. The molecule has 1 aromatic heterocycles. The zero-order valence-corrected chi connectivity index (χ0v) is 9.82. The van der Waals surface area contributed by atoms with Gasteiger partial charge in [-0.1, -0.05) is 24.6 Å². The predicted molar refractivity (Wildman–Crippen MR) is 67.6 cm³/mol. The highest BCUT2D eigenvalue weighted by molar-refractivity contribution is 5.82. The van der Waals surface area contributed by atoms with Crippen LogP contribution < -0.4 is 0 Å². The van der Waals surface area contributed by atoms with Crippen molar-refractivity contribution < 1.29 is 4.39 Å².